The fraction of sp³-hybridized carbons (Fsp3) is 0.455. The first-order chi connectivity index (χ1) is 12.7. The van der Waals surface area contributed by atoms with Crippen molar-refractivity contribution in [1.29, 1.82) is 0 Å². The number of aryl methyl sites for hydroxylation is 2. The molecule has 1 aromatic heterocycles. The van der Waals surface area contributed by atoms with E-state index in [2.05, 4.69) is 46.0 Å². The number of nitrogens with zero attached hydrogens (tertiary/aromatic N) is 3. The molecule has 1 aromatic carbocycles. The lowest BCUT2D eigenvalue weighted by molar-refractivity contribution is -0.130. The molecule has 2 aromatic rings. The number of hydrogen-bond donors (Lipinski definition) is 0. The van der Waals surface area contributed by atoms with E-state index in [0.29, 0.717) is 24.2 Å². The summed E-state index contributed by atoms with van der Waals surface area (Å²) in [6.07, 6.45) is 5.01. The third kappa shape index (κ3) is 3.80. The molecule has 2 fully saturated rings. The van der Waals surface area contributed by atoms with E-state index < -0.39 is 0 Å². The van der Waals surface area contributed by atoms with Crippen LogP contribution in [0, 0.1) is 18.8 Å². The number of carbonyl (C=O) groups is 1. The van der Waals surface area contributed by atoms with Gasteiger partial charge in [0.15, 0.2) is 0 Å². The number of hydrogen-bond acceptors (Lipinski definition) is 3. The summed E-state index contributed by atoms with van der Waals surface area (Å²) in [5.74, 6) is 1.58. The van der Waals surface area contributed by atoms with Crippen LogP contribution in [0.1, 0.15) is 23.1 Å². The minimum atomic E-state index is 0.300. The van der Waals surface area contributed by atoms with Gasteiger partial charge < -0.3 is 4.90 Å². The summed E-state index contributed by atoms with van der Waals surface area (Å²) in [5.41, 5.74) is 3.94. The molecule has 136 valence electrons. The zero-order chi connectivity index (χ0) is 17.9. The van der Waals surface area contributed by atoms with Crippen LogP contribution in [0.5, 0.6) is 0 Å². The first-order valence-corrected chi connectivity index (χ1v) is 9.62. The van der Waals surface area contributed by atoms with Gasteiger partial charge in [0.25, 0.3) is 0 Å². The smallest absolute Gasteiger partial charge is 0.222 e. The standard InChI is InChI=1S/C22H27N3O/c1-17-5-2-3-7-19(17)12-24-13-20-15-25(16-21(20)14-24)22(26)9-8-18-6-4-10-23-11-18/h2-7,10-11,20-21H,8-9,12-16H2,1H3. The van der Waals surface area contributed by atoms with E-state index in [4.69, 9.17) is 0 Å². The van der Waals surface area contributed by atoms with E-state index in [0.717, 1.165) is 44.7 Å². The van der Waals surface area contributed by atoms with Crippen molar-refractivity contribution in [2.75, 3.05) is 26.2 Å². The molecule has 0 aliphatic carbocycles. The topological polar surface area (TPSA) is 36.4 Å². The summed E-state index contributed by atoms with van der Waals surface area (Å²) in [5, 5.41) is 0. The molecule has 0 bridgehead atoms. The first-order valence-electron chi connectivity index (χ1n) is 9.62. The van der Waals surface area contributed by atoms with Gasteiger partial charge in [-0.2, -0.15) is 0 Å². The Morgan fingerprint density at radius 2 is 1.85 bits per heavy atom. The van der Waals surface area contributed by atoms with Crippen molar-refractivity contribution in [3.05, 3.63) is 65.5 Å². The summed E-state index contributed by atoms with van der Waals surface area (Å²) < 4.78 is 0. The average molecular weight is 349 g/mol. The van der Waals surface area contributed by atoms with Gasteiger partial charge in [-0.15, -0.1) is 0 Å². The van der Waals surface area contributed by atoms with Crippen molar-refractivity contribution in [2.45, 2.75) is 26.3 Å². The van der Waals surface area contributed by atoms with Crippen molar-refractivity contribution in [3.63, 3.8) is 0 Å². The van der Waals surface area contributed by atoms with Gasteiger partial charge in [-0.25, -0.2) is 0 Å². The van der Waals surface area contributed by atoms with E-state index in [-0.39, 0.29) is 0 Å². The minimum absolute atomic E-state index is 0.300. The average Bonchev–Trinajstić information content (AvgIpc) is 3.21. The van der Waals surface area contributed by atoms with E-state index >= 15 is 0 Å². The summed E-state index contributed by atoms with van der Waals surface area (Å²) in [6.45, 7) is 7.32. The molecule has 3 heterocycles. The van der Waals surface area contributed by atoms with Gasteiger partial charge >= 0.3 is 0 Å². The molecule has 4 heteroatoms. The number of rotatable bonds is 5. The predicted molar refractivity (Wildman–Crippen MR) is 103 cm³/mol. The summed E-state index contributed by atoms with van der Waals surface area (Å²) >= 11 is 0. The molecule has 0 N–H and O–H groups in total. The second-order valence-electron chi connectivity index (χ2n) is 7.80. The number of carbonyl (C=O) groups excluding carboxylic acids is 1. The zero-order valence-corrected chi connectivity index (χ0v) is 15.5. The Hall–Kier alpha value is -2.20. The minimum Gasteiger partial charge on any atom is -0.342 e. The van der Waals surface area contributed by atoms with Gasteiger partial charge in [-0.3, -0.25) is 14.7 Å². The Morgan fingerprint density at radius 3 is 2.54 bits per heavy atom. The maximum atomic E-state index is 12.6. The molecule has 2 aliphatic heterocycles. The van der Waals surface area contributed by atoms with Crippen molar-refractivity contribution in [2.24, 2.45) is 11.8 Å². The van der Waals surface area contributed by atoms with Crippen LogP contribution in [0.3, 0.4) is 0 Å². The van der Waals surface area contributed by atoms with Crippen LogP contribution < -0.4 is 0 Å². The second-order valence-corrected chi connectivity index (χ2v) is 7.80. The Labute approximate surface area is 155 Å². The largest absolute Gasteiger partial charge is 0.342 e. The van der Waals surface area contributed by atoms with Crippen LogP contribution in [0.15, 0.2) is 48.8 Å². The lowest BCUT2D eigenvalue weighted by atomic mass is 10.0. The Bertz CT molecular complexity index is 747. The zero-order valence-electron chi connectivity index (χ0n) is 15.5. The molecule has 26 heavy (non-hydrogen) atoms. The van der Waals surface area contributed by atoms with Gasteiger partial charge in [-0.05, 0) is 47.9 Å². The number of amides is 1. The Morgan fingerprint density at radius 1 is 1.08 bits per heavy atom. The van der Waals surface area contributed by atoms with Crippen molar-refractivity contribution in [1.82, 2.24) is 14.8 Å². The molecule has 0 radical (unpaired) electrons. The highest BCUT2D eigenvalue weighted by Gasteiger charge is 2.41. The molecular weight excluding hydrogens is 322 g/mol. The van der Waals surface area contributed by atoms with Crippen molar-refractivity contribution >= 4 is 5.91 Å². The predicted octanol–water partition coefficient (Wildman–Crippen LogP) is 2.91. The Balaban J connectivity index is 1.27. The first kappa shape index (κ1) is 17.2. The normalized spacial score (nSPS) is 22.6. The molecule has 0 saturated carbocycles. The summed E-state index contributed by atoms with van der Waals surface area (Å²) in [6, 6.07) is 12.6. The quantitative estimate of drug-likeness (QED) is 0.833. The monoisotopic (exact) mass is 349 g/mol. The molecule has 0 spiro atoms. The molecule has 2 saturated heterocycles. The molecule has 1 amide bonds. The molecule has 2 unspecified atom stereocenters. The highest BCUT2D eigenvalue weighted by Crippen LogP contribution is 2.32. The van der Waals surface area contributed by atoms with Gasteiger partial charge in [0.2, 0.25) is 5.91 Å². The highest BCUT2D eigenvalue weighted by molar-refractivity contribution is 5.76. The SMILES string of the molecule is Cc1ccccc1CN1CC2CN(C(=O)CCc3cccnc3)CC2C1. The van der Waals surface area contributed by atoms with Crippen LogP contribution >= 0.6 is 0 Å². The maximum Gasteiger partial charge on any atom is 0.222 e. The van der Waals surface area contributed by atoms with E-state index in [1.165, 1.54) is 11.1 Å². The van der Waals surface area contributed by atoms with Gasteiger partial charge in [-0.1, -0.05) is 30.3 Å². The third-order valence-corrected chi connectivity index (χ3v) is 5.92. The van der Waals surface area contributed by atoms with Crippen LogP contribution in [0.2, 0.25) is 0 Å². The molecular formula is C22H27N3O. The van der Waals surface area contributed by atoms with Crippen molar-refractivity contribution in [3.8, 4) is 0 Å². The second kappa shape index (κ2) is 7.58. The van der Waals surface area contributed by atoms with Gasteiger partial charge in [0.1, 0.15) is 0 Å². The number of pyridine rings is 1. The van der Waals surface area contributed by atoms with Gasteiger partial charge in [0.05, 0.1) is 0 Å². The van der Waals surface area contributed by atoms with Crippen LogP contribution in [0.25, 0.3) is 0 Å². The number of aromatic nitrogens is 1. The van der Waals surface area contributed by atoms with Crippen LogP contribution in [0.4, 0.5) is 0 Å². The molecule has 2 aliphatic rings. The maximum absolute atomic E-state index is 12.6. The van der Waals surface area contributed by atoms with E-state index in [1.54, 1.807) is 6.20 Å². The van der Waals surface area contributed by atoms with E-state index in [1.807, 2.05) is 18.3 Å². The lowest BCUT2D eigenvalue weighted by Gasteiger charge is -2.22. The fourth-order valence-electron chi connectivity index (χ4n) is 4.41. The lowest BCUT2D eigenvalue weighted by Crippen LogP contribution is -2.33. The molecule has 4 rings (SSSR count). The highest BCUT2D eigenvalue weighted by atomic mass is 16.2. The summed E-state index contributed by atoms with van der Waals surface area (Å²) in [7, 11) is 0. The van der Waals surface area contributed by atoms with E-state index in [9.17, 15) is 4.79 Å². The third-order valence-electron chi connectivity index (χ3n) is 5.92. The molecule has 2 atom stereocenters. The Kier molecular flexibility index (Phi) is 5.02. The van der Waals surface area contributed by atoms with Gasteiger partial charge in [0, 0.05) is 51.5 Å². The number of fused-ring (bicyclic) bond motifs is 1. The van der Waals surface area contributed by atoms with Crippen LogP contribution in [-0.2, 0) is 17.8 Å². The molecule has 4 nitrogen and oxygen atoms in total. The van der Waals surface area contributed by atoms with Crippen LogP contribution in [-0.4, -0.2) is 46.9 Å². The fourth-order valence-corrected chi connectivity index (χ4v) is 4.41. The number of benzene rings is 1. The number of likely N-dealkylation sites (tertiary alicyclic amines) is 2. The van der Waals surface area contributed by atoms with Crippen molar-refractivity contribution < 1.29 is 4.79 Å². The summed E-state index contributed by atoms with van der Waals surface area (Å²) in [4.78, 5) is 21.3.